The maximum absolute atomic E-state index is 12.1. The summed E-state index contributed by atoms with van der Waals surface area (Å²) < 4.78 is 0. The van der Waals surface area contributed by atoms with Crippen LogP contribution in [-0.4, -0.2) is 26.9 Å². The first-order chi connectivity index (χ1) is 9.24. The van der Waals surface area contributed by atoms with Gasteiger partial charge in [-0.1, -0.05) is 0 Å². The summed E-state index contributed by atoms with van der Waals surface area (Å²) in [6, 6.07) is -0.205. The van der Waals surface area contributed by atoms with Crippen molar-refractivity contribution >= 4 is 17.2 Å². The summed E-state index contributed by atoms with van der Waals surface area (Å²) in [5, 5.41) is 6.16. The number of thiazole rings is 1. The third-order valence-corrected chi connectivity index (χ3v) is 4.25. The molecule has 1 aliphatic rings. The van der Waals surface area contributed by atoms with Crippen LogP contribution in [0.5, 0.6) is 0 Å². The summed E-state index contributed by atoms with van der Waals surface area (Å²) in [6.07, 6.45) is 2.31. The molecule has 7 heteroatoms. The van der Waals surface area contributed by atoms with Crippen molar-refractivity contribution in [3.05, 3.63) is 33.8 Å². The van der Waals surface area contributed by atoms with Gasteiger partial charge in [-0.25, -0.2) is 9.97 Å². The average Bonchev–Trinajstić information content (AvgIpc) is 3.03. The number of imidazole rings is 1. The van der Waals surface area contributed by atoms with E-state index < -0.39 is 0 Å². The minimum absolute atomic E-state index is 0.0152. The number of aromatic nitrogens is 3. The molecule has 1 unspecified atom stereocenters. The molecular weight excluding hydrogens is 262 g/mol. The smallest absolute Gasteiger partial charge is 0.237 e. The fraction of sp³-hybridized carbons (Fsp3) is 0.417. The number of carbonyl (C=O) groups excluding carboxylic acids is 1. The molecule has 2 aromatic heterocycles. The minimum Gasteiger partial charge on any atom is -0.350 e. The van der Waals surface area contributed by atoms with E-state index in [9.17, 15) is 4.79 Å². The Labute approximate surface area is 114 Å². The van der Waals surface area contributed by atoms with Gasteiger partial charge in [-0.2, -0.15) is 0 Å². The van der Waals surface area contributed by atoms with Crippen LogP contribution in [0.15, 0.2) is 11.8 Å². The molecule has 2 aromatic rings. The summed E-state index contributed by atoms with van der Waals surface area (Å²) in [6.45, 7) is 3.15. The highest BCUT2D eigenvalue weighted by Crippen LogP contribution is 2.14. The summed E-state index contributed by atoms with van der Waals surface area (Å²) in [7, 11) is 0. The molecule has 1 atom stereocenters. The molecule has 0 bridgehead atoms. The third kappa shape index (κ3) is 2.52. The van der Waals surface area contributed by atoms with Crippen LogP contribution in [0.25, 0.3) is 0 Å². The number of amides is 1. The van der Waals surface area contributed by atoms with E-state index in [0.29, 0.717) is 19.5 Å². The van der Waals surface area contributed by atoms with Crippen LogP contribution in [0.4, 0.5) is 0 Å². The van der Waals surface area contributed by atoms with Gasteiger partial charge >= 0.3 is 0 Å². The number of nitrogens with one attached hydrogen (secondary N) is 3. The Hall–Kier alpha value is -1.73. The van der Waals surface area contributed by atoms with E-state index in [1.807, 2.05) is 6.92 Å². The van der Waals surface area contributed by atoms with E-state index in [2.05, 4.69) is 25.6 Å². The first-order valence-corrected chi connectivity index (χ1v) is 7.03. The van der Waals surface area contributed by atoms with Crippen LogP contribution < -0.4 is 10.6 Å². The molecule has 1 aliphatic heterocycles. The summed E-state index contributed by atoms with van der Waals surface area (Å²) in [5.74, 6) is 0.0152. The maximum Gasteiger partial charge on any atom is 0.237 e. The molecule has 0 spiro atoms. The van der Waals surface area contributed by atoms with Gasteiger partial charge in [0.15, 0.2) is 0 Å². The van der Waals surface area contributed by atoms with E-state index >= 15 is 0 Å². The Kier molecular flexibility index (Phi) is 3.31. The van der Waals surface area contributed by atoms with Crippen molar-refractivity contribution in [2.24, 2.45) is 0 Å². The van der Waals surface area contributed by atoms with Crippen molar-refractivity contribution in [2.75, 3.05) is 0 Å². The molecule has 3 N–H and O–H groups in total. The highest BCUT2D eigenvalue weighted by atomic mass is 32.1. The third-order valence-electron chi connectivity index (χ3n) is 3.31. The van der Waals surface area contributed by atoms with Gasteiger partial charge in [0.2, 0.25) is 5.91 Å². The molecule has 0 radical (unpaired) electrons. The van der Waals surface area contributed by atoms with Crippen molar-refractivity contribution in [1.29, 1.82) is 0 Å². The molecule has 0 aromatic carbocycles. The van der Waals surface area contributed by atoms with Crippen molar-refractivity contribution in [2.45, 2.75) is 32.5 Å². The normalized spacial score (nSPS) is 18.1. The van der Waals surface area contributed by atoms with Crippen LogP contribution in [0.1, 0.15) is 22.0 Å². The Balaban J connectivity index is 1.58. The fourth-order valence-electron chi connectivity index (χ4n) is 2.14. The van der Waals surface area contributed by atoms with Gasteiger partial charge in [-0.3, -0.25) is 10.1 Å². The second kappa shape index (κ2) is 5.10. The second-order valence-corrected chi connectivity index (χ2v) is 5.48. The molecular formula is C12H15N5OS. The SMILES string of the molecule is Cc1ncsc1CNC(=O)C1Cc2nc[nH]c2CN1. The molecule has 3 heterocycles. The lowest BCUT2D eigenvalue weighted by Gasteiger charge is -2.22. The van der Waals surface area contributed by atoms with E-state index in [0.717, 1.165) is 22.0 Å². The van der Waals surface area contributed by atoms with E-state index in [4.69, 9.17) is 0 Å². The number of aryl methyl sites for hydroxylation is 1. The zero-order valence-corrected chi connectivity index (χ0v) is 11.4. The Morgan fingerprint density at radius 3 is 3.26 bits per heavy atom. The first-order valence-electron chi connectivity index (χ1n) is 6.15. The quantitative estimate of drug-likeness (QED) is 0.763. The van der Waals surface area contributed by atoms with Crippen LogP contribution in [0, 0.1) is 6.92 Å². The number of fused-ring (bicyclic) bond motifs is 1. The number of hydrogen-bond donors (Lipinski definition) is 3. The van der Waals surface area contributed by atoms with Crippen molar-refractivity contribution in [3.63, 3.8) is 0 Å². The van der Waals surface area contributed by atoms with E-state index in [1.165, 1.54) is 0 Å². The van der Waals surface area contributed by atoms with Crippen LogP contribution in [-0.2, 0) is 24.3 Å². The van der Waals surface area contributed by atoms with Gasteiger partial charge in [0.05, 0.1) is 41.5 Å². The summed E-state index contributed by atoms with van der Waals surface area (Å²) in [4.78, 5) is 24.7. The maximum atomic E-state index is 12.1. The molecule has 3 rings (SSSR count). The highest BCUT2D eigenvalue weighted by Gasteiger charge is 2.25. The highest BCUT2D eigenvalue weighted by molar-refractivity contribution is 7.09. The number of carbonyl (C=O) groups is 1. The van der Waals surface area contributed by atoms with Crippen LogP contribution in [0.3, 0.4) is 0 Å². The van der Waals surface area contributed by atoms with Gasteiger partial charge in [0, 0.05) is 17.8 Å². The Morgan fingerprint density at radius 2 is 2.47 bits per heavy atom. The summed E-state index contributed by atoms with van der Waals surface area (Å²) >= 11 is 1.56. The number of H-pyrrole nitrogens is 1. The van der Waals surface area contributed by atoms with Crippen LogP contribution >= 0.6 is 11.3 Å². The number of aromatic amines is 1. The standard InChI is InChI=1S/C12H15N5OS/c1-7-11(19-6-17-7)4-14-12(18)9-2-8-10(3-13-9)16-5-15-8/h5-6,9,13H,2-4H2,1H3,(H,14,18)(H,15,16). The van der Waals surface area contributed by atoms with Crippen LogP contribution in [0.2, 0.25) is 0 Å². The van der Waals surface area contributed by atoms with Crippen molar-refractivity contribution < 1.29 is 4.79 Å². The van der Waals surface area contributed by atoms with E-state index in [-0.39, 0.29) is 11.9 Å². The molecule has 0 fully saturated rings. The van der Waals surface area contributed by atoms with Gasteiger partial charge in [-0.15, -0.1) is 11.3 Å². The molecule has 0 saturated heterocycles. The average molecular weight is 277 g/mol. The predicted octanol–water partition coefficient (Wildman–Crippen LogP) is 0.505. The van der Waals surface area contributed by atoms with Gasteiger partial charge in [-0.05, 0) is 6.92 Å². The van der Waals surface area contributed by atoms with Gasteiger partial charge in [0.25, 0.3) is 0 Å². The fourth-order valence-corrected chi connectivity index (χ4v) is 2.86. The van der Waals surface area contributed by atoms with Crippen molar-refractivity contribution in [1.82, 2.24) is 25.6 Å². The van der Waals surface area contributed by atoms with Gasteiger partial charge in [0.1, 0.15) is 0 Å². The van der Waals surface area contributed by atoms with Gasteiger partial charge < -0.3 is 10.3 Å². The Bertz CT molecular complexity index is 590. The number of rotatable bonds is 3. The second-order valence-electron chi connectivity index (χ2n) is 4.54. The largest absolute Gasteiger partial charge is 0.350 e. The Morgan fingerprint density at radius 1 is 1.58 bits per heavy atom. The number of hydrogen-bond acceptors (Lipinski definition) is 5. The lowest BCUT2D eigenvalue weighted by molar-refractivity contribution is -0.123. The zero-order valence-electron chi connectivity index (χ0n) is 10.6. The lowest BCUT2D eigenvalue weighted by atomic mass is 10.0. The van der Waals surface area contributed by atoms with Crippen molar-refractivity contribution in [3.8, 4) is 0 Å². The molecule has 19 heavy (non-hydrogen) atoms. The molecule has 6 nitrogen and oxygen atoms in total. The zero-order chi connectivity index (χ0) is 13.2. The predicted molar refractivity (Wildman–Crippen MR) is 71.6 cm³/mol. The van der Waals surface area contributed by atoms with E-state index in [1.54, 1.807) is 23.2 Å². The molecule has 100 valence electrons. The first kappa shape index (κ1) is 12.3. The summed E-state index contributed by atoms with van der Waals surface area (Å²) in [5.41, 5.74) is 4.83. The molecule has 0 saturated carbocycles. The number of nitrogens with zero attached hydrogens (tertiary/aromatic N) is 2. The molecule has 1 amide bonds. The topological polar surface area (TPSA) is 82.7 Å². The minimum atomic E-state index is -0.205. The molecule has 0 aliphatic carbocycles. The lowest BCUT2D eigenvalue weighted by Crippen LogP contribution is -2.47. The monoisotopic (exact) mass is 277 g/mol.